The number of nitrogens with zero attached hydrogens (tertiary/aromatic N) is 1. The summed E-state index contributed by atoms with van der Waals surface area (Å²) in [7, 11) is 0. The van der Waals surface area contributed by atoms with Gasteiger partial charge in [-0.1, -0.05) is 6.42 Å². The summed E-state index contributed by atoms with van der Waals surface area (Å²) in [5, 5.41) is 0. The second kappa shape index (κ2) is 3.65. The first-order chi connectivity index (χ1) is 7.33. The highest BCUT2D eigenvalue weighted by Gasteiger charge is 2.58. The average Bonchev–Trinajstić information content (AvgIpc) is 3.14. The molecule has 0 heterocycles. The number of hydrogen-bond donors (Lipinski definition) is 0. The summed E-state index contributed by atoms with van der Waals surface area (Å²) in [4.78, 5) is 14.3. The van der Waals surface area contributed by atoms with E-state index in [0.717, 1.165) is 18.4 Å². The van der Waals surface area contributed by atoms with Crippen molar-refractivity contribution in [1.29, 1.82) is 0 Å². The third-order valence-electron chi connectivity index (χ3n) is 4.29. The molecule has 0 aromatic carbocycles. The molecule has 84 valence electrons. The van der Waals surface area contributed by atoms with E-state index in [0.29, 0.717) is 23.7 Å². The maximum atomic E-state index is 12.3. The summed E-state index contributed by atoms with van der Waals surface area (Å²) in [5.74, 6) is 2.89. The van der Waals surface area contributed by atoms with Crippen molar-refractivity contribution in [2.24, 2.45) is 17.8 Å². The standard InChI is InChI=1S/C12H18ClNO/c13-6-7-14(8-4-5-8)12(15)11-9-2-1-3-10(9)11/h8-11H,1-7H2. The van der Waals surface area contributed by atoms with Crippen LogP contribution in [0.15, 0.2) is 0 Å². The lowest BCUT2D eigenvalue weighted by atomic mass is 10.1. The van der Waals surface area contributed by atoms with Crippen LogP contribution in [0.1, 0.15) is 32.1 Å². The number of fused-ring (bicyclic) bond motifs is 1. The summed E-state index contributed by atoms with van der Waals surface area (Å²) >= 11 is 5.76. The number of hydrogen-bond acceptors (Lipinski definition) is 1. The predicted octanol–water partition coefficient (Wildman–Crippen LogP) is 2.26. The molecule has 3 aliphatic rings. The van der Waals surface area contributed by atoms with Crippen molar-refractivity contribution >= 4 is 17.5 Å². The zero-order valence-electron chi connectivity index (χ0n) is 8.99. The van der Waals surface area contributed by atoms with Gasteiger partial charge in [0.1, 0.15) is 0 Å². The van der Waals surface area contributed by atoms with E-state index in [4.69, 9.17) is 11.6 Å². The lowest BCUT2D eigenvalue weighted by Gasteiger charge is -2.22. The van der Waals surface area contributed by atoms with Gasteiger partial charge in [0.15, 0.2) is 0 Å². The molecule has 3 fully saturated rings. The van der Waals surface area contributed by atoms with Crippen LogP contribution in [0.4, 0.5) is 0 Å². The van der Waals surface area contributed by atoms with Crippen LogP contribution in [-0.4, -0.2) is 29.3 Å². The van der Waals surface area contributed by atoms with Crippen LogP contribution in [0, 0.1) is 17.8 Å². The monoisotopic (exact) mass is 227 g/mol. The van der Waals surface area contributed by atoms with E-state index in [1.165, 1.54) is 32.1 Å². The van der Waals surface area contributed by atoms with Gasteiger partial charge < -0.3 is 4.90 Å². The van der Waals surface area contributed by atoms with E-state index in [9.17, 15) is 4.79 Å². The Balaban J connectivity index is 1.62. The maximum Gasteiger partial charge on any atom is 0.226 e. The number of alkyl halides is 1. The van der Waals surface area contributed by atoms with E-state index < -0.39 is 0 Å². The Labute approximate surface area is 96.0 Å². The Morgan fingerprint density at radius 2 is 1.87 bits per heavy atom. The second-order valence-corrected chi connectivity index (χ2v) is 5.61. The second-order valence-electron chi connectivity index (χ2n) is 5.24. The van der Waals surface area contributed by atoms with E-state index in [-0.39, 0.29) is 0 Å². The normalized spacial score (nSPS) is 37.5. The Hall–Kier alpha value is -0.240. The van der Waals surface area contributed by atoms with Crippen LogP contribution in [0.5, 0.6) is 0 Å². The van der Waals surface area contributed by atoms with Crippen LogP contribution in [0.3, 0.4) is 0 Å². The predicted molar refractivity (Wildman–Crippen MR) is 59.8 cm³/mol. The van der Waals surface area contributed by atoms with Crippen molar-refractivity contribution in [3.8, 4) is 0 Å². The van der Waals surface area contributed by atoms with Gasteiger partial charge in [0, 0.05) is 24.4 Å². The lowest BCUT2D eigenvalue weighted by Crippen LogP contribution is -2.36. The SMILES string of the molecule is O=C(C1C2CCCC21)N(CCCl)C1CC1. The van der Waals surface area contributed by atoms with Crippen molar-refractivity contribution < 1.29 is 4.79 Å². The summed E-state index contributed by atoms with van der Waals surface area (Å²) in [5.41, 5.74) is 0. The highest BCUT2D eigenvalue weighted by Crippen LogP contribution is 2.58. The maximum absolute atomic E-state index is 12.3. The van der Waals surface area contributed by atoms with Crippen molar-refractivity contribution in [3.05, 3.63) is 0 Å². The molecule has 0 aromatic heterocycles. The fourth-order valence-electron chi connectivity index (χ4n) is 3.33. The molecule has 0 aromatic rings. The smallest absolute Gasteiger partial charge is 0.226 e. The summed E-state index contributed by atoms with van der Waals surface area (Å²) < 4.78 is 0. The quantitative estimate of drug-likeness (QED) is 0.675. The van der Waals surface area contributed by atoms with Gasteiger partial charge in [0.2, 0.25) is 5.91 Å². The molecule has 3 heteroatoms. The molecule has 2 nitrogen and oxygen atoms in total. The van der Waals surface area contributed by atoms with Gasteiger partial charge in [0.25, 0.3) is 0 Å². The molecular formula is C12H18ClNO. The molecule has 0 N–H and O–H groups in total. The van der Waals surface area contributed by atoms with Crippen molar-refractivity contribution in [2.45, 2.75) is 38.1 Å². The fraction of sp³-hybridized carbons (Fsp3) is 0.917. The van der Waals surface area contributed by atoms with Gasteiger partial charge in [-0.05, 0) is 37.5 Å². The molecule has 0 aliphatic heterocycles. The number of carbonyl (C=O) groups is 1. The molecule has 2 atom stereocenters. The van der Waals surface area contributed by atoms with Crippen molar-refractivity contribution in [2.75, 3.05) is 12.4 Å². The Morgan fingerprint density at radius 1 is 1.20 bits per heavy atom. The first kappa shape index (κ1) is 9.95. The molecule has 2 unspecified atom stereocenters. The number of rotatable bonds is 4. The number of halogens is 1. The average molecular weight is 228 g/mol. The molecule has 0 spiro atoms. The molecule has 3 saturated carbocycles. The first-order valence-electron chi connectivity index (χ1n) is 6.19. The minimum absolute atomic E-state index is 0.391. The topological polar surface area (TPSA) is 20.3 Å². The Kier molecular flexibility index (Phi) is 2.42. The van der Waals surface area contributed by atoms with E-state index in [1.807, 2.05) is 0 Å². The van der Waals surface area contributed by atoms with Crippen LogP contribution in [-0.2, 0) is 4.79 Å². The van der Waals surface area contributed by atoms with E-state index in [2.05, 4.69) is 4.90 Å². The molecule has 3 rings (SSSR count). The minimum atomic E-state index is 0.391. The molecule has 1 amide bonds. The molecular weight excluding hydrogens is 210 g/mol. The van der Waals surface area contributed by atoms with E-state index >= 15 is 0 Å². The zero-order valence-corrected chi connectivity index (χ0v) is 9.75. The lowest BCUT2D eigenvalue weighted by molar-refractivity contribution is -0.133. The Bertz CT molecular complexity index is 267. The third kappa shape index (κ3) is 1.67. The highest BCUT2D eigenvalue weighted by atomic mass is 35.5. The van der Waals surface area contributed by atoms with Gasteiger partial charge in [0.05, 0.1) is 0 Å². The summed E-state index contributed by atoms with van der Waals surface area (Å²) in [6.07, 6.45) is 6.33. The molecule has 0 radical (unpaired) electrons. The van der Waals surface area contributed by atoms with Gasteiger partial charge in [-0.2, -0.15) is 0 Å². The summed E-state index contributed by atoms with van der Waals surface area (Å²) in [6, 6.07) is 0.539. The van der Waals surface area contributed by atoms with Crippen LogP contribution in [0.2, 0.25) is 0 Å². The molecule has 15 heavy (non-hydrogen) atoms. The van der Waals surface area contributed by atoms with Gasteiger partial charge >= 0.3 is 0 Å². The van der Waals surface area contributed by atoms with Crippen LogP contribution < -0.4 is 0 Å². The summed E-state index contributed by atoms with van der Waals surface area (Å²) in [6.45, 7) is 0.765. The van der Waals surface area contributed by atoms with Crippen LogP contribution in [0.25, 0.3) is 0 Å². The number of carbonyl (C=O) groups excluding carboxylic acids is 1. The van der Waals surface area contributed by atoms with Crippen LogP contribution >= 0.6 is 11.6 Å². The number of amides is 1. The van der Waals surface area contributed by atoms with Gasteiger partial charge in [-0.3, -0.25) is 4.79 Å². The van der Waals surface area contributed by atoms with Gasteiger partial charge in [-0.25, -0.2) is 0 Å². The highest BCUT2D eigenvalue weighted by molar-refractivity contribution is 6.18. The molecule has 3 aliphatic carbocycles. The minimum Gasteiger partial charge on any atom is -0.338 e. The molecule has 0 saturated heterocycles. The Morgan fingerprint density at radius 3 is 2.40 bits per heavy atom. The van der Waals surface area contributed by atoms with Gasteiger partial charge in [-0.15, -0.1) is 11.6 Å². The van der Waals surface area contributed by atoms with E-state index in [1.54, 1.807) is 0 Å². The zero-order chi connectivity index (χ0) is 10.4. The van der Waals surface area contributed by atoms with Crippen molar-refractivity contribution in [3.63, 3.8) is 0 Å². The third-order valence-corrected chi connectivity index (χ3v) is 4.46. The van der Waals surface area contributed by atoms with Crippen molar-refractivity contribution in [1.82, 2.24) is 4.90 Å². The largest absolute Gasteiger partial charge is 0.338 e. The molecule has 0 bridgehead atoms. The first-order valence-corrected chi connectivity index (χ1v) is 6.73. The fourth-order valence-corrected chi connectivity index (χ4v) is 3.51.